The molecule has 0 saturated carbocycles. The maximum absolute atomic E-state index is 6.69. The van der Waals surface area contributed by atoms with Gasteiger partial charge in [0, 0.05) is 0 Å². The normalized spacial score (nSPS) is 27.2. The van der Waals surface area contributed by atoms with Crippen LogP contribution >= 0.6 is 0 Å². The van der Waals surface area contributed by atoms with Crippen LogP contribution in [0.3, 0.4) is 0 Å². The summed E-state index contributed by atoms with van der Waals surface area (Å²) in [6.07, 6.45) is 0. The van der Waals surface area contributed by atoms with Gasteiger partial charge in [0.05, 0.1) is 14.5 Å². The minimum atomic E-state index is -0.704. The molecule has 1 aliphatic rings. The van der Waals surface area contributed by atoms with Gasteiger partial charge < -0.3 is 9.31 Å². The van der Waals surface area contributed by atoms with Gasteiger partial charge in [-0.15, -0.1) is 0 Å². The predicted octanol–water partition coefficient (Wildman–Crippen LogP) is -0.700. The Hall–Kier alpha value is -0.0151. The summed E-state index contributed by atoms with van der Waals surface area (Å²) in [6, 6.07) is 0. The van der Waals surface area contributed by atoms with Crippen LogP contribution in [0.25, 0.3) is 0 Å². The molecule has 2 nitrogen and oxygen atoms in total. The molecule has 0 aromatic carbocycles. The smallest absolute Gasteiger partial charge is 0.412 e. The second-order valence-corrected chi connectivity index (χ2v) is 0.838. The Morgan fingerprint density at radius 3 is 2.40 bits per heavy atom. The van der Waals surface area contributed by atoms with Crippen molar-refractivity contribution in [3.63, 3.8) is 0 Å². The lowest BCUT2D eigenvalue weighted by atomic mass is 10.4. The molecule has 1 aliphatic heterocycles. The van der Waals surface area contributed by atoms with E-state index >= 15 is 0 Å². The summed E-state index contributed by atoms with van der Waals surface area (Å²) >= 11 is 0. The first kappa shape index (κ1) is 2.21. The quantitative estimate of drug-likeness (QED) is 0.353. The highest BCUT2D eigenvalue weighted by molar-refractivity contribution is 6.18. The van der Waals surface area contributed by atoms with Crippen molar-refractivity contribution in [2.45, 2.75) is 0 Å². The first-order chi connectivity index (χ1) is 2.89. The van der Waals surface area contributed by atoms with Crippen molar-refractivity contribution in [1.82, 2.24) is 0 Å². The van der Waals surface area contributed by atoms with Crippen molar-refractivity contribution < 1.29 is 9.31 Å². The van der Waals surface area contributed by atoms with Crippen molar-refractivity contribution in [3.05, 3.63) is 0 Å². The Kier molecular flexibility index (Phi) is 0.632. The third kappa shape index (κ3) is 0.632. The molecule has 0 N–H and O–H groups in total. The van der Waals surface area contributed by atoms with Gasteiger partial charge in [0.15, 0.2) is 0 Å². The van der Waals surface area contributed by atoms with Crippen molar-refractivity contribution in [3.8, 4) is 0 Å². The van der Waals surface area contributed by atoms with Crippen LogP contribution in [-0.2, 0) is 9.31 Å². The van der Waals surface area contributed by atoms with Crippen molar-refractivity contribution in [1.29, 1.82) is 1.34 Å². The fraction of sp³-hybridized carbons (Fsp3) is 1.00. The molecule has 0 unspecified atom stereocenters. The summed E-state index contributed by atoms with van der Waals surface area (Å²) in [5.74, 6) is 0. The molecule has 0 aromatic heterocycles. The topological polar surface area (TPSA) is 18.5 Å². The number of hydrogen-bond acceptors (Lipinski definition) is 2. The van der Waals surface area contributed by atoms with Gasteiger partial charge in [0.25, 0.3) is 0 Å². The van der Waals surface area contributed by atoms with Crippen molar-refractivity contribution >= 4 is 7.65 Å². The minimum absolute atomic E-state index is 0.578. The molecule has 1 rings (SSSR count). The summed E-state index contributed by atoms with van der Waals surface area (Å²) in [5.41, 5.74) is 0. The first-order valence-corrected chi connectivity index (χ1v) is 1.55. The molecule has 0 amide bonds. The van der Waals surface area contributed by atoms with Gasteiger partial charge in [-0.05, 0) is 0 Å². The van der Waals surface area contributed by atoms with E-state index in [4.69, 9.17) is 1.34 Å². The van der Waals surface area contributed by atoms with E-state index in [2.05, 4.69) is 9.31 Å². The minimum Gasteiger partial charge on any atom is -0.412 e. The predicted molar refractivity (Wildman–Crippen MR) is 19.1 cm³/mol. The zero-order chi connectivity index (χ0) is 4.41. The molecule has 3 heteroatoms. The molecule has 0 atom stereocenters. The molecular weight excluding hydrogens is 66.8 g/mol. The highest BCUT2D eigenvalue weighted by atomic mass is 16.6. The summed E-state index contributed by atoms with van der Waals surface area (Å²) in [7, 11) is -0.704. The Morgan fingerprint density at radius 1 is 1.60 bits per heavy atom. The van der Waals surface area contributed by atoms with E-state index in [0.717, 1.165) is 0 Å². The van der Waals surface area contributed by atoms with Gasteiger partial charge >= 0.3 is 7.65 Å². The number of hydrogen-bond donors (Lipinski definition) is 0. The molecule has 0 aromatic rings. The largest absolute Gasteiger partial charge is 0.438 e. The first-order valence-electron chi connectivity index (χ1n) is 2.13. The molecular formula is C2H5BO2. The van der Waals surface area contributed by atoms with Crippen LogP contribution in [0.4, 0.5) is 0 Å². The molecule has 0 aliphatic carbocycles. The maximum Gasteiger partial charge on any atom is 0.438 e. The van der Waals surface area contributed by atoms with E-state index in [-0.39, 0.29) is 0 Å². The third-order valence-corrected chi connectivity index (χ3v) is 0.455. The van der Waals surface area contributed by atoms with Gasteiger partial charge in [0.2, 0.25) is 0 Å². The van der Waals surface area contributed by atoms with E-state index in [1.807, 2.05) is 0 Å². The maximum atomic E-state index is 6.69. The molecule has 28 valence electrons. The Balaban J connectivity index is 2.18. The molecule has 0 spiro atoms. The second-order valence-electron chi connectivity index (χ2n) is 0.838. The molecule has 1 heterocycles. The Bertz CT molecular complexity index is 44.8. The highest BCUT2D eigenvalue weighted by Gasteiger charge is 1.98. The van der Waals surface area contributed by atoms with Gasteiger partial charge in [-0.2, -0.15) is 0 Å². The van der Waals surface area contributed by atoms with E-state index in [1.54, 1.807) is 0 Å². The van der Waals surface area contributed by atoms with Gasteiger partial charge in [-0.25, -0.2) is 0 Å². The Morgan fingerprint density at radius 2 is 2.20 bits per heavy atom. The van der Waals surface area contributed by atoms with Crippen LogP contribution in [-0.4, -0.2) is 22.2 Å². The van der Waals surface area contributed by atoms with E-state index in [1.165, 1.54) is 0 Å². The van der Waals surface area contributed by atoms with Crippen molar-refractivity contribution in [2.75, 3.05) is 13.2 Å². The summed E-state index contributed by atoms with van der Waals surface area (Å²) in [4.78, 5) is 0. The molecule has 0 bridgehead atoms. The molecule has 0 radical (unpaired) electrons. The fourth-order valence-corrected chi connectivity index (χ4v) is 0.241. The third-order valence-electron chi connectivity index (χ3n) is 0.455. The van der Waals surface area contributed by atoms with Gasteiger partial charge in [-0.1, -0.05) is 0 Å². The van der Waals surface area contributed by atoms with E-state index in [9.17, 15) is 0 Å². The number of rotatable bonds is 0. The van der Waals surface area contributed by atoms with Crippen LogP contribution in [0.1, 0.15) is 0 Å². The average Bonchev–Trinajstić information content (AvgIpc) is 1.86. The van der Waals surface area contributed by atoms with Crippen LogP contribution < -0.4 is 0 Å². The van der Waals surface area contributed by atoms with Gasteiger partial charge in [-0.3, -0.25) is 0 Å². The molecule has 1 fully saturated rings. The highest BCUT2D eigenvalue weighted by Crippen LogP contribution is 1.82. The van der Waals surface area contributed by atoms with Crippen molar-refractivity contribution in [2.24, 2.45) is 0 Å². The Labute approximate surface area is 32.7 Å². The average molecular weight is 72.9 g/mol. The second kappa shape index (κ2) is 1.43. The monoisotopic (exact) mass is 73.0 g/mol. The van der Waals surface area contributed by atoms with Crippen LogP contribution in [0, 0.1) is 0 Å². The van der Waals surface area contributed by atoms with Crippen LogP contribution in [0.15, 0.2) is 0 Å². The lowest BCUT2D eigenvalue weighted by molar-refractivity contribution is 0.365. The molecule has 5 heavy (non-hydrogen) atoms. The zero-order valence-electron chi connectivity index (χ0n) is 3.81. The van der Waals surface area contributed by atoms with Crippen LogP contribution in [0.2, 0.25) is 0 Å². The zero-order valence-corrected chi connectivity index (χ0v) is 2.81. The summed E-state index contributed by atoms with van der Waals surface area (Å²) < 4.78 is 15.9. The summed E-state index contributed by atoms with van der Waals surface area (Å²) in [5, 5.41) is 0. The SMILES string of the molecule is [2H]B1OCCO1. The van der Waals surface area contributed by atoms with Gasteiger partial charge in [0.1, 0.15) is 0 Å². The molecule has 1 saturated heterocycles. The van der Waals surface area contributed by atoms with Crippen LogP contribution in [0.5, 0.6) is 0 Å². The lowest BCUT2D eigenvalue weighted by Gasteiger charge is -1.71. The van der Waals surface area contributed by atoms with E-state index in [0.29, 0.717) is 13.2 Å². The fourth-order valence-electron chi connectivity index (χ4n) is 0.241. The summed E-state index contributed by atoms with van der Waals surface area (Å²) in [6.45, 7) is 1.16. The van der Waals surface area contributed by atoms with E-state index < -0.39 is 7.65 Å². The lowest BCUT2D eigenvalue weighted by Crippen LogP contribution is -1.83. The standard InChI is InChI=1S/C2H5BO2/c1-2-5-3-4-1/h3H,1-2H2/i3D.